The minimum Gasteiger partial charge on any atom is -0.365 e. The highest BCUT2D eigenvalue weighted by Gasteiger charge is 2.03. The van der Waals surface area contributed by atoms with Gasteiger partial charge in [-0.15, -0.1) is 0 Å². The molecule has 1 rings (SSSR count). The SMILES string of the molecule is CNC(=S)N(C)c1ccc(F)cc1. The Morgan fingerprint density at radius 2 is 1.92 bits per heavy atom. The fourth-order valence-corrected chi connectivity index (χ4v) is 1.06. The van der Waals surface area contributed by atoms with Gasteiger partial charge in [0.15, 0.2) is 5.11 Å². The standard InChI is InChI=1S/C9H11FN2S/c1-11-9(13)12(2)8-5-3-7(10)4-6-8/h3-6H,1-2H3,(H,11,13). The van der Waals surface area contributed by atoms with Crippen LogP contribution in [-0.4, -0.2) is 19.2 Å². The number of nitrogens with one attached hydrogen (secondary N) is 1. The Morgan fingerprint density at radius 3 is 2.38 bits per heavy atom. The molecule has 0 bridgehead atoms. The molecule has 4 heteroatoms. The number of hydrogen-bond acceptors (Lipinski definition) is 1. The largest absolute Gasteiger partial charge is 0.365 e. The molecule has 0 aliphatic rings. The molecule has 0 aromatic heterocycles. The van der Waals surface area contributed by atoms with Crippen molar-refractivity contribution >= 4 is 23.0 Å². The minimum atomic E-state index is -0.243. The van der Waals surface area contributed by atoms with Crippen LogP contribution in [0.5, 0.6) is 0 Å². The molecule has 0 fully saturated rings. The molecule has 1 aromatic carbocycles. The number of hydrogen-bond donors (Lipinski definition) is 1. The molecule has 0 spiro atoms. The van der Waals surface area contributed by atoms with E-state index in [9.17, 15) is 4.39 Å². The van der Waals surface area contributed by atoms with Gasteiger partial charge in [-0.05, 0) is 36.5 Å². The first-order valence-electron chi connectivity index (χ1n) is 3.86. The fraction of sp³-hybridized carbons (Fsp3) is 0.222. The van der Waals surface area contributed by atoms with Crippen LogP contribution in [0.25, 0.3) is 0 Å². The van der Waals surface area contributed by atoms with Gasteiger partial charge < -0.3 is 10.2 Å². The van der Waals surface area contributed by atoms with Gasteiger partial charge in [0.25, 0.3) is 0 Å². The van der Waals surface area contributed by atoms with Gasteiger partial charge in [0.1, 0.15) is 5.82 Å². The van der Waals surface area contributed by atoms with E-state index >= 15 is 0 Å². The number of nitrogens with zero attached hydrogens (tertiary/aromatic N) is 1. The van der Waals surface area contributed by atoms with Crippen LogP contribution < -0.4 is 10.2 Å². The summed E-state index contributed by atoms with van der Waals surface area (Å²) in [6.45, 7) is 0. The van der Waals surface area contributed by atoms with Gasteiger partial charge in [0.2, 0.25) is 0 Å². The van der Waals surface area contributed by atoms with E-state index in [4.69, 9.17) is 12.2 Å². The summed E-state index contributed by atoms with van der Waals surface area (Å²) in [5.41, 5.74) is 0.862. The molecule has 0 aliphatic carbocycles. The van der Waals surface area contributed by atoms with Gasteiger partial charge in [-0.1, -0.05) is 0 Å². The molecular formula is C9H11FN2S. The number of anilines is 1. The Balaban J connectivity index is 2.83. The molecular weight excluding hydrogens is 187 g/mol. The summed E-state index contributed by atoms with van der Waals surface area (Å²) in [5.74, 6) is -0.243. The lowest BCUT2D eigenvalue weighted by molar-refractivity contribution is 0.628. The van der Waals surface area contributed by atoms with Crippen LogP contribution in [0.2, 0.25) is 0 Å². The van der Waals surface area contributed by atoms with Crippen molar-refractivity contribution in [3.63, 3.8) is 0 Å². The van der Waals surface area contributed by atoms with E-state index in [1.165, 1.54) is 12.1 Å². The van der Waals surface area contributed by atoms with Crippen molar-refractivity contribution in [1.82, 2.24) is 5.32 Å². The quantitative estimate of drug-likeness (QED) is 0.692. The van der Waals surface area contributed by atoms with Crippen LogP contribution >= 0.6 is 12.2 Å². The van der Waals surface area contributed by atoms with Crippen LogP contribution in [-0.2, 0) is 0 Å². The van der Waals surface area contributed by atoms with Crippen LogP contribution in [0, 0.1) is 5.82 Å². The summed E-state index contributed by atoms with van der Waals surface area (Å²) in [5, 5.41) is 3.44. The molecule has 70 valence electrons. The van der Waals surface area contributed by atoms with Crippen molar-refractivity contribution in [2.45, 2.75) is 0 Å². The molecule has 0 heterocycles. The fourth-order valence-electron chi connectivity index (χ4n) is 0.950. The molecule has 0 saturated heterocycles. The maximum atomic E-state index is 12.6. The lowest BCUT2D eigenvalue weighted by Crippen LogP contribution is -2.34. The first kappa shape index (κ1) is 9.92. The summed E-state index contributed by atoms with van der Waals surface area (Å²) >= 11 is 5.01. The highest BCUT2D eigenvalue weighted by molar-refractivity contribution is 7.80. The van der Waals surface area contributed by atoms with Gasteiger partial charge in [-0.25, -0.2) is 4.39 Å². The van der Waals surface area contributed by atoms with E-state index in [0.29, 0.717) is 5.11 Å². The molecule has 13 heavy (non-hydrogen) atoms. The van der Waals surface area contributed by atoms with E-state index in [2.05, 4.69) is 5.32 Å². The second-order valence-electron chi connectivity index (χ2n) is 2.59. The topological polar surface area (TPSA) is 15.3 Å². The molecule has 1 aromatic rings. The zero-order valence-electron chi connectivity index (χ0n) is 7.54. The van der Waals surface area contributed by atoms with Crippen molar-refractivity contribution in [2.75, 3.05) is 19.0 Å². The van der Waals surface area contributed by atoms with Crippen LogP contribution in [0.1, 0.15) is 0 Å². The van der Waals surface area contributed by atoms with E-state index < -0.39 is 0 Å². The molecule has 0 atom stereocenters. The molecule has 0 radical (unpaired) electrons. The lowest BCUT2D eigenvalue weighted by Gasteiger charge is -2.19. The minimum absolute atomic E-state index is 0.243. The average Bonchev–Trinajstić information content (AvgIpc) is 2.17. The number of benzene rings is 1. The Hall–Kier alpha value is -1.16. The highest BCUT2D eigenvalue weighted by Crippen LogP contribution is 2.12. The second kappa shape index (κ2) is 4.18. The van der Waals surface area contributed by atoms with Gasteiger partial charge >= 0.3 is 0 Å². The van der Waals surface area contributed by atoms with Crippen molar-refractivity contribution in [1.29, 1.82) is 0 Å². The molecule has 0 unspecified atom stereocenters. The van der Waals surface area contributed by atoms with E-state index in [0.717, 1.165) is 5.69 Å². The summed E-state index contributed by atoms with van der Waals surface area (Å²) < 4.78 is 12.6. The van der Waals surface area contributed by atoms with Crippen LogP contribution in [0.3, 0.4) is 0 Å². The van der Waals surface area contributed by atoms with Gasteiger partial charge in [0, 0.05) is 19.8 Å². The van der Waals surface area contributed by atoms with Crippen molar-refractivity contribution < 1.29 is 4.39 Å². The predicted molar refractivity (Wildman–Crippen MR) is 56.5 cm³/mol. The van der Waals surface area contributed by atoms with Gasteiger partial charge in [-0.3, -0.25) is 0 Å². The Bertz CT molecular complexity index is 297. The van der Waals surface area contributed by atoms with Crippen molar-refractivity contribution in [3.8, 4) is 0 Å². The van der Waals surface area contributed by atoms with Crippen molar-refractivity contribution in [3.05, 3.63) is 30.1 Å². The van der Waals surface area contributed by atoms with Crippen LogP contribution in [0.15, 0.2) is 24.3 Å². The summed E-state index contributed by atoms with van der Waals surface area (Å²) in [7, 11) is 3.58. The number of rotatable bonds is 1. The summed E-state index contributed by atoms with van der Waals surface area (Å²) in [6.07, 6.45) is 0. The zero-order valence-corrected chi connectivity index (χ0v) is 8.36. The first-order chi connectivity index (χ1) is 6.15. The molecule has 0 saturated carbocycles. The smallest absolute Gasteiger partial charge is 0.172 e. The first-order valence-corrected chi connectivity index (χ1v) is 4.27. The predicted octanol–water partition coefficient (Wildman–Crippen LogP) is 1.77. The molecule has 0 amide bonds. The maximum absolute atomic E-state index is 12.6. The normalized spacial score (nSPS) is 9.46. The number of halogens is 1. The number of thiocarbonyl (C=S) groups is 1. The van der Waals surface area contributed by atoms with Crippen molar-refractivity contribution in [2.24, 2.45) is 0 Å². The maximum Gasteiger partial charge on any atom is 0.172 e. The third kappa shape index (κ3) is 2.39. The Labute approximate surface area is 82.4 Å². The van der Waals surface area contributed by atoms with E-state index in [1.54, 1.807) is 24.1 Å². The Morgan fingerprint density at radius 1 is 1.38 bits per heavy atom. The van der Waals surface area contributed by atoms with E-state index in [-0.39, 0.29) is 5.82 Å². The third-order valence-electron chi connectivity index (χ3n) is 1.73. The zero-order chi connectivity index (χ0) is 9.84. The van der Waals surface area contributed by atoms with E-state index in [1.807, 2.05) is 7.05 Å². The third-order valence-corrected chi connectivity index (χ3v) is 2.21. The summed E-state index contributed by atoms with van der Waals surface area (Å²) in [4.78, 5) is 1.77. The lowest BCUT2D eigenvalue weighted by atomic mass is 10.3. The summed E-state index contributed by atoms with van der Waals surface area (Å²) in [6, 6.07) is 6.17. The Kier molecular flexibility index (Phi) is 3.19. The van der Waals surface area contributed by atoms with Crippen LogP contribution in [0.4, 0.5) is 10.1 Å². The monoisotopic (exact) mass is 198 g/mol. The second-order valence-corrected chi connectivity index (χ2v) is 2.98. The van der Waals surface area contributed by atoms with Gasteiger partial charge in [0.05, 0.1) is 0 Å². The van der Waals surface area contributed by atoms with Gasteiger partial charge in [-0.2, -0.15) is 0 Å². The molecule has 0 aliphatic heterocycles. The molecule has 2 nitrogen and oxygen atoms in total. The average molecular weight is 198 g/mol. The highest BCUT2D eigenvalue weighted by atomic mass is 32.1. The molecule has 1 N–H and O–H groups in total.